The van der Waals surface area contributed by atoms with E-state index in [2.05, 4.69) is 5.32 Å². The van der Waals surface area contributed by atoms with Crippen LogP contribution in [0.25, 0.3) is 0 Å². The number of hydrogen-bond acceptors (Lipinski definition) is 5. The third kappa shape index (κ3) is 4.27. The van der Waals surface area contributed by atoms with E-state index in [-0.39, 0.29) is 22.5 Å². The van der Waals surface area contributed by atoms with Crippen molar-refractivity contribution in [2.45, 2.75) is 30.8 Å². The number of benzene rings is 1. The maximum absolute atomic E-state index is 11.9. The lowest BCUT2D eigenvalue weighted by Gasteiger charge is -2.13. The Hall–Kier alpha value is -1.93. The van der Waals surface area contributed by atoms with Crippen LogP contribution in [-0.4, -0.2) is 26.4 Å². The molecule has 7 nitrogen and oxygen atoms in total. The van der Waals surface area contributed by atoms with Gasteiger partial charge in [0.2, 0.25) is 10.0 Å². The van der Waals surface area contributed by atoms with Crippen molar-refractivity contribution in [3.05, 3.63) is 24.3 Å². The van der Waals surface area contributed by atoms with Gasteiger partial charge < -0.3 is 10.1 Å². The fraction of sp³-hybridized carbons (Fsp3) is 0.385. The number of carbonyl (C=O) groups is 2. The molecule has 1 amide bonds. The van der Waals surface area contributed by atoms with Crippen LogP contribution in [0.3, 0.4) is 0 Å². The highest BCUT2D eigenvalue weighted by molar-refractivity contribution is 7.89. The molecule has 0 heterocycles. The topological polar surface area (TPSA) is 116 Å². The Morgan fingerprint density at radius 1 is 1.38 bits per heavy atom. The van der Waals surface area contributed by atoms with E-state index >= 15 is 0 Å². The summed E-state index contributed by atoms with van der Waals surface area (Å²) in [6.45, 7) is 1.46. The molecular formula is C13H16N2O5S. The summed E-state index contributed by atoms with van der Waals surface area (Å²) in [5, 5.41) is 7.50. The van der Waals surface area contributed by atoms with Crippen molar-refractivity contribution in [2.75, 3.05) is 5.32 Å². The van der Waals surface area contributed by atoms with E-state index in [4.69, 9.17) is 9.88 Å². The zero-order valence-electron chi connectivity index (χ0n) is 11.4. The van der Waals surface area contributed by atoms with Gasteiger partial charge in [0, 0.05) is 5.69 Å². The van der Waals surface area contributed by atoms with Gasteiger partial charge in [0.1, 0.15) is 0 Å². The molecule has 1 fully saturated rings. The molecule has 1 atom stereocenters. The summed E-state index contributed by atoms with van der Waals surface area (Å²) in [5.41, 5.74) is 0.265. The Bertz CT molecular complexity index is 667. The molecule has 21 heavy (non-hydrogen) atoms. The summed E-state index contributed by atoms with van der Waals surface area (Å²) >= 11 is 0. The fourth-order valence-electron chi connectivity index (χ4n) is 1.64. The number of amides is 1. The molecule has 0 aliphatic heterocycles. The van der Waals surface area contributed by atoms with Crippen LogP contribution in [0.1, 0.15) is 19.8 Å². The summed E-state index contributed by atoms with van der Waals surface area (Å²) in [5.74, 6) is -1.00. The summed E-state index contributed by atoms with van der Waals surface area (Å²) in [6.07, 6.45) is 0.643. The number of anilines is 1. The van der Waals surface area contributed by atoms with Gasteiger partial charge in [-0.15, -0.1) is 0 Å². The first-order valence-electron chi connectivity index (χ1n) is 6.41. The van der Waals surface area contributed by atoms with E-state index in [1.807, 2.05) is 0 Å². The molecule has 0 aromatic heterocycles. The minimum atomic E-state index is -3.84. The predicted octanol–water partition coefficient (Wildman–Crippen LogP) is 0.614. The lowest BCUT2D eigenvalue weighted by atomic mass is 10.3. The molecular weight excluding hydrogens is 296 g/mol. The standard InChI is InChI=1S/C13H16N2O5S/c1-8(20-13(17)9-5-6-9)12(16)15-10-3-2-4-11(7-10)21(14,18)19/h2-4,7-9H,5-6H2,1H3,(H,15,16)(H2,14,18,19)/t8-/m0/s1. The number of nitrogens with one attached hydrogen (secondary N) is 1. The second-order valence-corrected chi connectivity index (χ2v) is 6.48. The predicted molar refractivity (Wildman–Crippen MR) is 74.7 cm³/mol. The van der Waals surface area contributed by atoms with Crippen LogP contribution in [0.4, 0.5) is 5.69 Å². The van der Waals surface area contributed by atoms with E-state index in [0.717, 1.165) is 12.8 Å². The largest absolute Gasteiger partial charge is 0.452 e. The Morgan fingerprint density at radius 3 is 2.62 bits per heavy atom. The Morgan fingerprint density at radius 2 is 2.05 bits per heavy atom. The Balaban J connectivity index is 2.00. The number of rotatable bonds is 5. The smallest absolute Gasteiger partial charge is 0.309 e. The first-order valence-corrected chi connectivity index (χ1v) is 7.96. The summed E-state index contributed by atoms with van der Waals surface area (Å²) < 4.78 is 27.5. The number of carbonyl (C=O) groups excluding carboxylic acids is 2. The number of primary sulfonamides is 1. The molecule has 1 aliphatic rings. The normalized spacial score (nSPS) is 16.1. The van der Waals surface area contributed by atoms with E-state index < -0.39 is 22.0 Å². The zero-order chi connectivity index (χ0) is 15.6. The highest BCUT2D eigenvalue weighted by atomic mass is 32.2. The van der Waals surface area contributed by atoms with Gasteiger partial charge >= 0.3 is 5.97 Å². The average molecular weight is 312 g/mol. The first kappa shape index (κ1) is 15.5. The second-order valence-electron chi connectivity index (χ2n) is 4.92. The highest BCUT2D eigenvalue weighted by Gasteiger charge is 2.33. The minimum absolute atomic E-state index is 0.0917. The van der Waals surface area contributed by atoms with Gasteiger partial charge in [-0.3, -0.25) is 9.59 Å². The van der Waals surface area contributed by atoms with Crippen LogP contribution in [0.2, 0.25) is 0 Å². The number of ether oxygens (including phenoxy) is 1. The van der Waals surface area contributed by atoms with Crippen LogP contribution in [0, 0.1) is 5.92 Å². The van der Waals surface area contributed by atoms with Gasteiger partial charge in [-0.2, -0.15) is 0 Å². The van der Waals surface area contributed by atoms with Crippen molar-refractivity contribution >= 4 is 27.6 Å². The Labute approximate surface area is 122 Å². The van der Waals surface area contributed by atoms with Crippen molar-refractivity contribution < 1.29 is 22.7 Å². The van der Waals surface area contributed by atoms with Crippen molar-refractivity contribution in [3.8, 4) is 0 Å². The SMILES string of the molecule is C[C@H](OC(=O)C1CC1)C(=O)Nc1cccc(S(N)(=O)=O)c1. The van der Waals surface area contributed by atoms with Crippen LogP contribution in [-0.2, 0) is 24.3 Å². The fourth-order valence-corrected chi connectivity index (χ4v) is 2.20. The minimum Gasteiger partial charge on any atom is -0.452 e. The molecule has 0 spiro atoms. The van der Waals surface area contributed by atoms with Gasteiger partial charge in [0.05, 0.1) is 10.8 Å². The van der Waals surface area contributed by atoms with Crippen LogP contribution in [0.15, 0.2) is 29.2 Å². The zero-order valence-corrected chi connectivity index (χ0v) is 12.2. The average Bonchev–Trinajstić information content (AvgIpc) is 3.22. The third-order valence-electron chi connectivity index (χ3n) is 3.00. The lowest BCUT2D eigenvalue weighted by molar-refractivity contribution is -0.154. The van der Waals surface area contributed by atoms with E-state index in [1.54, 1.807) is 0 Å². The molecule has 0 unspecified atom stereocenters. The summed E-state index contributed by atoms with van der Waals surface area (Å²) in [4.78, 5) is 23.2. The van der Waals surface area contributed by atoms with Crippen molar-refractivity contribution in [1.82, 2.24) is 0 Å². The van der Waals surface area contributed by atoms with Gasteiger partial charge in [0.15, 0.2) is 6.10 Å². The van der Waals surface area contributed by atoms with Crippen molar-refractivity contribution in [2.24, 2.45) is 11.1 Å². The molecule has 3 N–H and O–H groups in total. The molecule has 114 valence electrons. The van der Waals surface area contributed by atoms with Crippen molar-refractivity contribution in [3.63, 3.8) is 0 Å². The molecule has 2 rings (SSSR count). The molecule has 8 heteroatoms. The van der Waals surface area contributed by atoms with E-state index in [9.17, 15) is 18.0 Å². The molecule has 0 radical (unpaired) electrons. The van der Waals surface area contributed by atoms with Crippen LogP contribution in [0.5, 0.6) is 0 Å². The van der Waals surface area contributed by atoms with Crippen LogP contribution >= 0.6 is 0 Å². The van der Waals surface area contributed by atoms with Gasteiger partial charge in [-0.05, 0) is 38.0 Å². The molecule has 1 aromatic carbocycles. The van der Waals surface area contributed by atoms with E-state index in [1.165, 1.54) is 31.2 Å². The quantitative estimate of drug-likeness (QED) is 0.773. The number of hydrogen-bond donors (Lipinski definition) is 2. The summed E-state index contributed by atoms with van der Waals surface area (Å²) in [6, 6.07) is 5.53. The number of nitrogens with two attached hydrogens (primary N) is 1. The molecule has 1 saturated carbocycles. The number of esters is 1. The summed E-state index contributed by atoms with van der Waals surface area (Å²) in [7, 11) is -3.84. The molecule has 1 aromatic rings. The van der Waals surface area contributed by atoms with Crippen molar-refractivity contribution in [1.29, 1.82) is 0 Å². The van der Waals surface area contributed by atoms with Crippen LogP contribution < -0.4 is 10.5 Å². The molecule has 0 bridgehead atoms. The Kier molecular flexibility index (Phi) is 4.29. The maximum Gasteiger partial charge on any atom is 0.309 e. The van der Waals surface area contributed by atoms with Gasteiger partial charge in [0.25, 0.3) is 5.91 Å². The van der Waals surface area contributed by atoms with E-state index in [0.29, 0.717) is 0 Å². The monoisotopic (exact) mass is 312 g/mol. The molecule has 0 saturated heterocycles. The van der Waals surface area contributed by atoms with Gasteiger partial charge in [-0.1, -0.05) is 6.07 Å². The first-order chi connectivity index (χ1) is 9.77. The molecule has 1 aliphatic carbocycles. The lowest BCUT2D eigenvalue weighted by Crippen LogP contribution is -2.30. The third-order valence-corrected chi connectivity index (χ3v) is 3.91. The second kappa shape index (κ2) is 5.82. The highest BCUT2D eigenvalue weighted by Crippen LogP contribution is 2.30. The maximum atomic E-state index is 11.9. The van der Waals surface area contributed by atoms with Gasteiger partial charge in [-0.25, -0.2) is 13.6 Å². The number of sulfonamides is 1.